The van der Waals surface area contributed by atoms with Gasteiger partial charge in [0, 0.05) is 11.8 Å². The van der Waals surface area contributed by atoms with Gasteiger partial charge < -0.3 is 15.3 Å². The van der Waals surface area contributed by atoms with Crippen LogP contribution in [0.4, 0.5) is 0 Å². The van der Waals surface area contributed by atoms with Crippen molar-refractivity contribution in [1.82, 2.24) is 0 Å². The zero-order chi connectivity index (χ0) is 16.0. The number of Topliss-reactive ketones (excluding diaryl/α,β-unsaturated/α-hetero) is 1. The van der Waals surface area contributed by atoms with Gasteiger partial charge in [0.1, 0.15) is 5.78 Å². The molecule has 0 aliphatic rings. The number of aliphatic hydroxyl groups excluding tert-OH is 3. The summed E-state index contributed by atoms with van der Waals surface area (Å²) < 4.78 is 0. The van der Waals surface area contributed by atoms with Gasteiger partial charge in [-0.25, -0.2) is 0 Å². The van der Waals surface area contributed by atoms with E-state index in [4.69, 9.17) is 5.11 Å². The fourth-order valence-corrected chi connectivity index (χ4v) is 2.32. The van der Waals surface area contributed by atoms with Gasteiger partial charge in [0.2, 0.25) is 0 Å². The Kier molecular flexibility index (Phi) is 6.75. The Hall–Kier alpha value is -1.49. The summed E-state index contributed by atoms with van der Waals surface area (Å²) in [5, 5.41) is 28.5. The average Bonchev–Trinajstić information content (AvgIpc) is 2.50. The molecule has 21 heavy (non-hydrogen) atoms. The third-order valence-electron chi connectivity index (χ3n) is 3.89. The molecule has 0 saturated carbocycles. The second-order valence-corrected chi connectivity index (χ2v) is 5.38. The number of ketones is 1. The SMILES string of the molecule is CC(=O)[C@H](C)[C@@H](O)[C@@H](C)c1ccc(CO)cc1C=CCO. The Balaban J connectivity index is 3.15. The van der Waals surface area contributed by atoms with Gasteiger partial charge in [-0.1, -0.05) is 38.1 Å². The van der Waals surface area contributed by atoms with Crippen LogP contribution in [-0.2, 0) is 11.4 Å². The molecule has 1 rings (SSSR count). The number of benzene rings is 1. The highest BCUT2D eigenvalue weighted by atomic mass is 16.3. The highest BCUT2D eigenvalue weighted by molar-refractivity contribution is 5.78. The normalized spacial score (nSPS) is 15.9. The van der Waals surface area contributed by atoms with Gasteiger partial charge in [-0.15, -0.1) is 0 Å². The Morgan fingerprint density at radius 3 is 2.48 bits per heavy atom. The van der Waals surface area contributed by atoms with Crippen molar-refractivity contribution in [2.24, 2.45) is 5.92 Å². The smallest absolute Gasteiger partial charge is 0.135 e. The maximum Gasteiger partial charge on any atom is 0.135 e. The van der Waals surface area contributed by atoms with E-state index in [0.717, 1.165) is 16.7 Å². The van der Waals surface area contributed by atoms with Crippen molar-refractivity contribution in [2.45, 2.75) is 39.4 Å². The van der Waals surface area contributed by atoms with Gasteiger partial charge in [-0.2, -0.15) is 0 Å². The van der Waals surface area contributed by atoms with Gasteiger partial charge in [0.15, 0.2) is 0 Å². The molecular formula is C17H24O4. The molecule has 0 heterocycles. The van der Waals surface area contributed by atoms with Crippen LogP contribution in [0.15, 0.2) is 24.3 Å². The van der Waals surface area contributed by atoms with Crippen LogP contribution < -0.4 is 0 Å². The van der Waals surface area contributed by atoms with E-state index >= 15 is 0 Å². The van der Waals surface area contributed by atoms with E-state index in [1.165, 1.54) is 6.92 Å². The molecule has 3 atom stereocenters. The minimum Gasteiger partial charge on any atom is -0.392 e. The molecule has 116 valence electrons. The van der Waals surface area contributed by atoms with Crippen molar-refractivity contribution in [3.8, 4) is 0 Å². The summed E-state index contributed by atoms with van der Waals surface area (Å²) in [5.74, 6) is -0.712. The summed E-state index contributed by atoms with van der Waals surface area (Å²) in [6.07, 6.45) is 2.59. The third-order valence-corrected chi connectivity index (χ3v) is 3.89. The van der Waals surface area contributed by atoms with E-state index in [0.29, 0.717) is 0 Å². The monoisotopic (exact) mass is 292 g/mol. The summed E-state index contributed by atoms with van der Waals surface area (Å²) in [5.41, 5.74) is 2.48. The zero-order valence-electron chi connectivity index (χ0n) is 12.8. The molecule has 1 aromatic rings. The molecule has 4 nitrogen and oxygen atoms in total. The van der Waals surface area contributed by atoms with Gasteiger partial charge in [0.05, 0.1) is 19.3 Å². The number of carbonyl (C=O) groups is 1. The largest absolute Gasteiger partial charge is 0.392 e. The van der Waals surface area contributed by atoms with Crippen LogP contribution in [-0.4, -0.2) is 33.8 Å². The summed E-state index contributed by atoms with van der Waals surface area (Å²) >= 11 is 0. The van der Waals surface area contributed by atoms with Crippen molar-refractivity contribution in [1.29, 1.82) is 0 Å². The summed E-state index contributed by atoms with van der Waals surface area (Å²) in [7, 11) is 0. The first-order valence-electron chi connectivity index (χ1n) is 7.12. The van der Waals surface area contributed by atoms with E-state index < -0.39 is 12.0 Å². The number of hydrogen-bond donors (Lipinski definition) is 3. The number of rotatable bonds is 7. The van der Waals surface area contributed by atoms with Crippen LogP contribution in [0.25, 0.3) is 6.08 Å². The Morgan fingerprint density at radius 2 is 1.95 bits per heavy atom. The molecule has 4 heteroatoms. The maximum absolute atomic E-state index is 11.4. The number of carbonyl (C=O) groups excluding carboxylic acids is 1. The molecule has 0 aromatic heterocycles. The van der Waals surface area contributed by atoms with Crippen LogP contribution in [0.5, 0.6) is 0 Å². The van der Waals surface area contributed by atoms with Crippen molar-refractivity contribution in [3.63, 3.8) is 0 Å². The van der Waals surface area contributed by atoms with Crippen molar-refractivity contribution in [3.05, 3.63) is 41.0 Å². The minimum absolute atomic E-state index is 0.0474. The van der Waals surface area contributed by atoms with Crippen molar-refractivity contribution < 1.29 is 20.1 Å². The highest BCUT2D eigenvalue weighted by Gasteiger charge is 2.26. The average molecular weight is 292 g/mol. The predicted octanol–water partition coefficient (Wildman–Crippen LogP) is 1.87. The molecule has 0 spiro atoms. The molecule has 3 N–H and O–H groups in total. The summed E-state index contributed by atoms with van der Waals surface area (Å²) in [6, 6.07) is 5.47. The molecule has 0 bridgehead atoms. The van der Waals surface area contributed by atoms with Crippen LogP contribution in [0.1, 0.15) is 43.4 Å². The quantitative estimate of drug-likeness (QED) is 0.717. The van der Waals surface area contributed by atoms with Gasteiger partial charge in [-0.3, -0.25) is 4.79 Å². The third kappa shape index (κ3) is 4.49. The van der Waals surface area contributed by atoms with E-state index in [9.17, 15) is 15.0 Å². The molecule has 0 fully saturated rings. The van der Waals surface area contributed by atoms with E-state index in [1.807, 2.05) is 19.1 Å². The standard InChI is InChI=1S/C17H24O4/c1-11(13(3)20)17(21)12(2)16-7-6-14(10-19)9-15(16)5-4-8-18/h4-7,9,11-12,17-19,21H,8,10H2,1-3H3/t11-,12-,17+/m0/s1. The van der Waals surface area contributed by atoms with Gasteiger partial charge >= 0.3 is 0 Å². The second kappa shape index (κ2) is 8.08. The lowest BCUT2D eigenvalue weighted by Gasteiger charge is -2.25. The lowest BCUT2D eigenvalue weighted by atomic mass is 9.83. The fourth-order valence-electron chi connectivity index (χ4n) is 2.32. The van der Waals surface area contributed by atoms with Crippen LogP contribution in [0.3, 0.4) is 0 Å². The topological polar surface area (TPSA) is 77.8 Å². The van der Waals surface area contributed by atoms with E-state index in [-0.39, 0.29) is 24.9 Å². The lowest BCUT2D eigenvalue weighted by molar-refractivity contribution is -0.123. The lowest BCUT2D eigenvalue weighted by Crippen LogP contribution is -2.29. The summed E-state index contributed by atoms with van der Waals surface area (Å²) in [4.78, 5) is 11.4. The first kappa shape index (κ1) is 17.6. The molecule has 0 aliphatic heterocycles. The zero-order valence-corrected chi connectivity index (χ0v) is 12.8. The van der Waals surface area contributed by atoms with Gasteiger partial charge in [-0.05, 0) is 29.7 Å². The maximum atomic E-state index is 11.4. The summed E-state index contributed by atoms with van der Waals surface area (Å²) in [6.45, 7) is 4.91. The first-order chi connectivity index (χ1) is 9.92. The molecule has 0 radical (unpaired) electrons. The Bertz CT molecular complexity index is 508. The Labute approximate surface area is 125 Å². The fraction of sp³-hybridized carbons (Fsp3) is 0.471. The molecule has 0 aliphatic carbocycles. The van der Waals surface area contributed by atoms with Crippen LogP contribution in [0.2, 0.25) is 0 Å². The number of hydrogen-bond acceptors (Lipinski definition) is 4. The van der Waals surface area contributed by atoms with Gasteiger partial charge in [0.25, 0.3) is 0 Å². The van der Waals surface area contributed by atoms with E-state index in [1.54, 1.807) is 25.1 Å². The first-order valence-corrected chi connectivity index (χ1v) is 7.12. The molecule has 0 saturated heterocycles. The molecular weight excluding hydrogens is 268 g/mol. The highest BCUT2D eigenvalue weighted by Crippen LogP contribution is 2.29. The number of aliphatic hydroxyl groups is 3. The Morgan fingerprint density at radius 1 is 1.29 bits per heavy atom. The van der Waals surface area contributed by atoms with Crippen molar-refractivity contribution >= 4 is 11.9 Å². The van der Waals surface area contributed by atoms with Crippen LogP contribution >= 0.6 is 0 Å². The van der Waals surface area contributed by atoms with Crippen molar-refractivity contribution in [2.75, 3.05) is 6.61 Å². The predicted molar refractivity (Wildman–Crippen MR) is 82.8 cm³/mol. The molecule has 0 amide bonds. The van der Waals surface area contributed by atoms with Crippen LogP contribution in [0, 0.1) is 5.92 Å². The second-order valence-electron chi connectivity index (χ2n) is 5.38. The van der Waals surface area contributed by atoms with E-state index in [2.05, 4.69) is 0 Å². The molecule has 1 aromatic carbocycles. The molecule has 0 unspecified atom stereocenters. The minimum atomic E-state index is -0.774.